The summed E-state index contributed by atoms with van der Waals surface area (Å²) in [6.07, 6.45) is 0. The van der Waals surface area contributed by atoms with Crippen molar-refractivity contribution in [3.05, 3.63) is 206 Å². The predicted octanol–water partition coefficient (Wildman–Crippen LogP) is 13.6. The van der Waals surface area contributed by atoms with E-state index in [4.69, 9.17) is 9.40 Å². The van der Waals surface area contributed by atoms with E-state index < -0.39 is 0 Å². The van der Waals surface area contributed by atoms with Gasteiger partial charge in [0.25, 0.3) is 0 Å². The molecule has 0 radical (unpaired) electrons. The lowest BCUT2D eigenvalue weighted by molar-refractivity contribution is 0.621. The van der Waals surface area contributed by atoms with Gasteiger partial charge in [0.15, 0.2) is 5.58 Å². The Morgan fingerprint density at radius 2 is 0.750 bits per heavy atom. The third kappa shape index (κ3) is 5.95. The fourth-order valence-corrected chi connectivity index (χ4v) is 6.97. The van der Waals surface area contributed by atoms with Gasteiger partial charge < -0.3 is 9.32 Å². The first-order valence-corrected chi connectivity index (χ1v) is 17.5. The summed E-state index contributed by atoms with van der Waals surface area (Å²) in [6, 6.07) is 72.2. The van der Waals surface area contributed by atoms with Crippen LogP contribution in [0.3, 0.4) is 0 Å². The highest BCUT2D eigenvalue weighted by atomic mass is 16.3. The molecule has 1 aromatic heterocycles. The number of benzene rings is 8. The van der Waals surface area contributed by atoms with Gasteiger partial charge in [0, 0.05) is 33.6 Å². The minimum atomic E-state index is 0.611. The summed E-state index contributed by atoms with van der Waals surface area (Å²) in [7, 11) is 0. The van der Waals surface area contributed by atoms with Gasteiger partial charge in [0.2, 0.25) is 5.89 Å². The van der Waals surface area contributed by atoms with Gasteiger partial charge in [0.05, 0.1) is 5.69 Å². The fraction of sp³-hybridized carbons (Fsp3) is 0. The maximum absolute atomic E-state index is 6.61. The highest BCUT2D eigenvalue weighted by Crippen LogP contribution is 2.43. The van der Waals surface area contributed by atoms with Gasteiger partial charge >= 0.3 is 0 Å². The molecule has 0 aliphatic heterocycles. The second-order valence-corrected chi connectivity index (χ2v) is 12.8. The van der Waals surface area contributed by atoms with Crippen molar-refractivity contribution in [2.24, 2.45) is 0 Å². The summed E-state index contributed by atoms with van der Waals surface area (Å²) in [5.74, 6) is 0.611. The number of rotatable bonds is 8. The molecule has 246 valence electrons. The molecule has 0 amide bonds. The maximum Gasteiger partial charge on any atom is 0.227 e. The zero-order chi connectivity index (χ0) is 34.7. The van der Waals surface area contributed by atoms with Gasteiger partial charge in [0.1, 0.15) is 5.52 Å². The van der Waals surface area contributed by atoms with Gasteiger partial charge in [-0.15, -0.1) is 0 Å². The Morgan fingerprint density at radius 3 is 1.35 bits per heavy atom. The van der Waals surface area contributed by atoms with E-state index in [-0.39, 0.29) is 0 Å². The number of aromatic nitrogens is 1. The van der Waals surface area contributed by atoms with Crippen molar-refractivity contribution in [1.29, 1.82) is 0 Å². The second-order valence-electron chi connectivity index (χ2n) is 12.8. The first kappa shape index (κ1) is 31.0. The zero-order valence-electron chi connectivity index (χ0n) is 28.4. The fourth-order valence-electron chi connectivity index (χ4n) is 6.97. The van der Waals surface area contributed by atoms with Crippen LogP contribution in [0.4, 0.5) is 17.1 Å². The number of hydrogen-bond donors (Lipinski definition) is 0. The van der Waals surface area contributed by atoms with Crippen LogP contribution in [0.5, 0.6) is 0 Å². The molecule has 0 spiro atoms. The van der Waals surface area contributed by atoms with Crippen LogP contribution < -0.4 is 4.90 Å². The minimum absolute atomic E-state index is 0.611. The second kappa shape index (κ2) is 13.7. The van der Waals surface area contributed by atoms with Crippen LogP contribution in [0.2, 0.25) is 0 Å². The molecule has 1 heterocycles. The van der Waals surface area contributed by atoms with Crippen LogP contribution in [-0.2, 0) is 0 Å². The van der Waals surface area contributed by atoms with E-state index in [1.165, 1.54) is 16.7 Å². The summed E-state index contributed by atoms with van der Waals surface area (Å²) in [5, 5.41) is 0. The number of hydrogen-bond acceptors (Lipinski definition) is 3. The Balaban J connectivity index is 1.16. The summed E-state index contributed by atoms with van der Waals surface area (Å²) in [4.78, 5) is 7.41. The molecule has 0 unspecified atom stereocenters. The Kier molecular flexibility index (Phi) is 8.20. The Hall–Kier alpha value is -6.97. The summed E-state index contributed by atoms with van der Waals surface area (Å²) < 4.78 is 6.61. The van der Waals surface area contributed by atoms with Gasteiger partial charge in [-0.25, -0.2) is 4.98 Å². The molecule has 0 atom stereocenters. The highest BCUT2D eigenvalue weighted by molar-refractivity contribution is 6.01. The molecule has 9 rings (SSSR count). The molecule has 8 aromatic carbocycles. The Morgan fingerprint density at radius 1 is 0.327 bits per heavy atom. The molecule has 0 bridgehead atoms. The standard InChI is InChI=1S/C49H34N2O/c1-5-15-35(16-6-1)36-25-29-41(30-26-36)51(46-24-14-13-23-43(46)37-17-7-2-8-18-37)42-31-27-39(28-32-42)45-34-33-44(38-19-9-3-10-20-38)47-48(45)52-49(50-47)40-21-11-4-12-22-40/h1-34H. The Labute approximate surface area is 303 Å². The van der Waals surface area contributed by atoms with Gasteiger partial charge in [-0.2, -0.15) is 0 Å². The molecule has 52 heavy (non-hydrogen) atoms. The smallest absolute Gasteiger partial charge is 0.227 e. The minimum Gasteiger partial charge on any atom is -0.435 e. The molecule has 0 N–H and O–H groups in total. The SMILES string of the molecule is c1ccc(-c2ccc(N(c3ccc(-c4ccc(-c5ccccc5)c5nc(-c6ccccc6)oc45)cc3)c3ccccc3-c3ccccc3)cc2)cc1. The lowest BCUT2D eigenvalue weighted by Gasteiger charge is -2.28. The van der Waals surface area contributed by atoms with Crippen molar-refractivity contribution in [2.75, 3.05) is 4.90 Å². The molecular formula is C49H34N2O. The van der Waals surface area contributed by atoms with Gasteiger partial charge in [-0.3, -0.25) is 0 Å². The van der Waals surface area contributed by atoms with Crippen LogP contribution in [0.25, 0.3) is 67.1 Å². The summed E-state index contributed by atoms with van der Waals surface area (Å²) in [5.41, 5.74) is 14.7. The van der Waals surface area contributed by atoms with E-state index in [1.54, 1.807) is 0 Å². The summed E-state index contributed by atoms with van der Waals surface area (Å²) in [6.45, 7) is 0. The van der Waals surface area contributed by atoms with Crippen LogP contribution in [0, 0.1) is 0 Å². The molecule has 0 aliphatic rings. The van der Waals surface area contributed by atoms with Gasteiger partial charge in [-0.1, -0.05) is 158 Å². The number of para-hydroxylation sites is 1. The van der Waals surface area contributed by atoms with Crippen molar-refractivity contribution in [3.63, 3.8) is 0 Å². The van der Waals surface area contributed by atoms with Crippen molar-refractivity contribution in [1.82, 2.24) is 4.98 Å². The normalized spacial score (nSPS) is 11.1. The first-order chi connectivity index (χ1) is 25.8. The van der Waals surface area contributed by atoms with Crippen LogP contribution >= 0.6 is 0 Å². The largest absolute Gasteiger partial charge is 0.435 e. The monoisotopic (exact) mass is 666 g/mol. The van der Waals surface area contributed by atoms with Crippen LogP contribution in [0.1, 0.15) is 0 Å². The van der Waals surface area contributed by atoms with E-state index in [9.17, 15) is 0 Å². The van der Waals surface area contributed by atoms with E-state index in [0.29, 0.717) is 5.89 Å². The first-order valence-electron chi connectivity index (χ1n) is 17.5. The maximum atomic E-state index is 6.61. The molecule has 0 fully saturated rings. The number of anilines is 3. The van der Waals surface area contributed by atoms with E-state index in [1.807, 2.05) is 36.4 Å². The molecule has 3 nitrogen and oxygen atoms in total. The zero-order valence-corrected chi connectivity index (χ0v) is 28.4. The molecule has 3 heteroatoms. The van der Waals surface area contributed by atoms with E-state index in [2.05, 4.69) is 175 Å². The van der Waals surface area contributed by atoms with E-state index in [0.717, 1.165) is 61.5 Å². The molecule has 9 aromatic rings. The summed E-state index contributed by atoms with van der Waals surface area (Å²) >= 11 is 0. The Bertz CT molecular complexity index is 2580. The third-order valence-corrected chi connectivity index (χ3v) is 9.55. The number of nitrogens with zero attached hydrogens (tertiary/aromatic N) is 2. The van der Waals surface area contributed by atoms with Crippen LogP contribution in [0.15, 0.2) is 211 Å². The van der Waals surface area contributed by atoms with Crippen molar-refractivity contribution >= 4 is 28.2 Å². The quantitative estimate of drug-likeness (QED) is 0.162. The van der Waals surface area contributed by atoms with E-state index >= 15 is 0 Å². The average Bonchev–Trinajstić information content (AvgIpc) is 3.69. The molecule has 0 saturated carbocycles. The third-order valence-electron chi connectivity index (χ3n) is 9.55. The average molecular weight is 667 g/mol. The topological polar surface area (TPSA) is 29.3 Å². The van der Waals surface area contributed by atoms with Gasteiger partial charge in [-0.05, 0) is 76.3 Å². The number of oxazole rings is 1. The van der Waals surface area contributed by atoms with Crippen LogP contribution in [-0.4, -0.2) is 4.98 Å². The molecule has 0 aliphatic carbocycles. The van der Waals surface area contributed by atoms with Crippen molar-refractivity contribution in [3.8, 4) is 56.0 Å². The lowest BCUT2D eigenvalue weighted by Crippen LogP contribution is -2.11. The van der Waals surface area contributed by atoms with Crippen molar-refractivity contribution < 1.29 is 4.42 Å². The lowest BCUT2D eigenvalue weighted by atomic mass is 9.97. The predicted molar refractivity (Wildman–Crippen MR) is 216 cm³/mol. The molecule has 0 saturated heterocycles. The molecular weight excluding hydrogens is 633 g/mol. The van der Waals surface area contributed by atoms with Crippen molar-refractivity contribution in [2.45, 2.75) is 0 Å². The number of fused-ring (bicyclic) bond motifs is 1. The highest BCUT2D eigenvalue weighted by Gasteiger charge is 2.20.